The molecule has 0 aromatic heterocycles. The molecule has 0 amide bonds. The van der Waals surface area contributed by atoms with Gasteiger partial charge in [0.2, 0.25) is 0 Å². The van der Waals surface area contributed by atoms with E-state index in [4.69, 9.17) is 9.47 Å². The van der Waals surface area contributed by atoms with Gasteiger partial charge in [-0.15, -0.1) is 0 Å². The summed E-state index contributed by atoms with van der Waals surface area (Å²) in [7, 11) is 1.56. The van der Waals surface area contributed by atoms with Crippen molar-refractivity contribution in [2.24, 2.45) is 0 Å². The second-order valence-corrected chi connectivity index (χ2v) is 6.51. The van der Waals surface area contributed by atoms with E-state index in [2.05, 4.69) is 31.3 Å². The van der Waals surface area contributed by atoms with E-state index in [9.17, 15) is 5.11 Å². The topological polar surface area (TPSA) is 50.7 Å². The summed E-state index contributed by atoms with van der Waals surface area (Å²) in [5, 5.41) is 14.0. The van der Waals surface area contributed by atoms with Gasteiger partial charge in [0.1, 0.15) is 12.4 Å². The minimum atomic E-state index is -0.135. The number of hydrogen-bond donors (Lipinski definition) is 2. The molecule has 4 nitrogen and oxygen atoms in total. The summed E-state index contributed by atoms with van der Waals surface area (Å²) in [4.78, 5) is 0. The first-order valence-corrected chi connectivity index (χ1v) is 7.66. The average Bonchev–Trinajstić information content (AvgIpc) is 2.92. The molecule has 4 heteroatoms. The van der Waals surface area contributed by atoms with Crippen LogP contribution < -0.4 is 10.1 Å². The highest BCUT2D eigenvalue weighted by atomic mass is 16.5. The molecule has 2 aliphatic rings. The second-order valence-electron chi connectivity index (χ2n) is 6.51. The van der Waals surface area contributed by atoms with Crippen LogP contribution in [0.4, 0.5) is 5.69 Å². The Labute approximate surface area is 135 Å². The monoisotopic (exact) mass is 309 g/mol. The lowest BCUT2D eigenvalue weighted by atomic mass is 9.89. The molecular formula is C19H19NO3. The summed E-state index contributed by atoms with van der Waals surface area (Å²) >= 11 is 0. The molecule has 2 aromatic carbocycles. The van der Waals surface area contributed by atoms with E-state index >= 15 is 0 Å². The zero-order valence-electron chi connectivity index (χ0n) is 13.4. The zero-order chi connectivity index (χ0) is 16.2. The molecule has 0 spiro atoms. The molecule has 0 radical (unpaired) electrons. The Morgan fingerprint density at radius 2 is 2.00 bits per heavy atom. The number of rotatable bonds is 2. The molecule has 0 bridgehead atoms. The van der Waals surface area contributed by atoms with E-state index in [0.717, 1.165) is 33.7 Å². The first kappa shape index (κ1) is 14.0. The predicted octanol–water partition coefficient (Wildman–Crippen LogP) is 4.14. The van der Waals surface area contributed by atoms with Crippen LogP contribution in [0.2, 0.25) is 0 Å². The number of aromatic hydroxyl groups is 1. The SMILES string of the molecule is COc1cccc(-c2ccc3c4c2COC4=CC(C)(C)N3)c1O. The molecule has 23 heavy (non-hydrogen) atoms. The summed E-state index contributed by atoms with van der Waals surface area (Å²) in [5.41, 5.74) is 4.88. The van der Waals surface area contributed by atoms with Gasteiger partial charge >= 0.3 is 0 Å². The lowest BCUT2D eigenvalue weighted by molar-refractivity contribution is 0.283. The lowest BCUT2D eigenvalue weighted by Gasteiger charge is -2.30. The van der Waals surface area contributed by atoms with Gasteiger partial charge in [-0.3, -0.25) is 0 Å². The van der Waals surface area contributed by atoms with Gasteiger partial charge in [-0.05, 0) is 37.6 Å². The van der Waals surface area contributed by atoms with E-state index in [1.807, 2.05) is 18.2 Å². The van der Waals surface area contributed by atoms with Crippen molar-refractivity contribution in [3.63, 3.8) is 0 Å². The number of methoxy groups -OCH3 is 1. The first-order chi connectivity index (χ1) is 11.0. The minimum Gasteiger partial charge on any atom is -0.504 e. The van der Waals surface area contributed by atoms with Crippen molar-refractivity contribution in [2.45, 2.75) is 26.0 Å². The third-order valence-electron chi connectivity index (χ3n) is 4.39. The lowest BCUT2D eigenvalue weighted by Crippen LogP contribution is -2.31. The van der Waals surface area contributed by atoms with Crippen LogP contribution in [0.15, 0.2) is 36.4 Å². The normalized spacial score (nSPS) is 16.9. The van der Waals surface area contributed by atoms with Crippen LogP contribution in [-0.2, 0) is 11.3 Å². The molecule has 0 saturated heterocycles. The number of benzene rings is 2. The Balaban J connectivity index is 1.92. The summed E-state index contributed by atoms with van der Waals surface area (Å²) in [6, 6.07) is 9.62. The molecule has 0 unspecified atom stereocenters. The fraction of sp³-hybridized carbons (Fsp3) is 0.263. The first-order valence-electron chi connectivity index (χ1n) is 7.66. The van der Waals surface area contributed by atoms with Crippen molar-refractivity contribution in [2.75, 3.05) is 12.4 Å². The van der Waals surface area contributed by atoms with E-state index in [1.54, 1.807) is 13.2 Å². The number of phenols is 1. The van der Waals surface area contributed by atoms with Crippen molar-refractivity contribution in [1.82, 2.24) is 0 Å². The fourth-order valence-electron chi connectivity index (χ4n) is 3.39. The average molecular weight is 309 g/mol. The Morgan fingerprint density at radius 1 is 1.17 bits per heavy atom. The standard InChI is InChI=1S/C19H19NO3/c1-19(2)9-16-17-13(10-23-16)11(7-8-14(17)20-19)12-5-4-6-15(22-3)18(12)21/h4-9,20-21H,10H2,1-3H3. The largest absolute Gasteiger partial charge is 0.504 e. The smallest absolute Gasteiger partial charge is 0.165 e. The number of para-hydroxylation sites is 1. The highest BCUT2D eigenvalue weighted by molar-refractivity contribution is 5.89. The Hall–Kier alpha value is -2.62. The second kappa shape index (κ2) is 4.69. The van der Waals surface area contributed by atoms with Crippen molar-refractivity contribution < 1.29 is 14.6 Å². The van der Waals surface area contributed by atoms with Gasteiger partial charge in [0.05, 0.1) is 12.6 Å². The molecule has 0 saturated carbocycles. The van der Waals surface area contributed by atoms with Gasteiger partial charge in [0.25, 0.3) is 0 Å². The third kappa shape index (κ3) is 2.05. The molecule has 2 aromatic rings. The quantitative estimate of drug-likeness (QED) is 0.875. The molecule has 2 heterocycles. The maximum absolute atomic E-state index is 10.5. The number of phenolic OH excluding ortho intramolecular Hbond substituents is 1. The molecule has 0 atom stereocenters. The number of anilines is 1. The van der Waals surface area contributed by atoms with Gasteiger partial charge in [-0.1, -0.05) is 18.2 Å². The summed E-state index contributed by atoms with van der Waals surface area (Å²) < 4.78 is 11.1. The van der Waals surface area contributed by atoms with E-state index in [1.165, 1.54) is 0 Å². The van der Waals surface area contributed by atoms with Crippen LogP contribution in [-0.4, -0.2) is 17.8 Å². The fourth-order valence-corrected chi connectivity index (χ4v) is 3.39. The van der Waals surface area contributed by atoms with Crippen LogP contribution in [0.25, 0.3) is 16.9 Å². The Kier molecular flexibility index (Phi) is 2.85. The highest BCUT2D eigenvalue weighted by Gasteiger charge is 2.33. The van der Waals surface area contributed by atoms with Crippen LogP contribution >= 0.6 is 0 Å². The van der Waals surface area contributed by atoms with Gasteiger partial charge in [-0.2, -0.15) is 0 Å². The maximum atomic E-state index is 10.5. The summed E-state index contributed by atoms with van der Waals surface area (Å²) in [6.45, 7) is 4.75. The minimum absolute atomic E-state index is 0.135. The summed E-state index contributed by atoms with van der Waals surface area (Å²) in [5.74, 6) is 1.55. The van der Waals surface area contributed by atoms with Crippen LogP contribution in [0, 0.1) is 0 Å². The van der Waals surface area contributed by atoms with Gasteiger partial charge in [0, 0.05) is 22.4 Å². The van der Waals surface area contributed by atoms with E-state index < -0.39 is 0 Å². The Morgan fingerprint density at radius 3 is 2.78 bits per heavy atom. The van der Waals surface area contributed by atoms with Crippen molar-refractivity contribution >= 4 is 11.4 Å². The third-order valence-corrected chi connectivity index (χ3v) is 4.39. The molecule has 4 rings (SSSR count). The van der Waals surface area contributed by atoms with Gasteiger partial charge < -0.3 is 19.9 Å². The highest BCUT2D eigenvalue weighted by Crippen LogP contribution is 2.47. The molecular weight excluding hydrogens is 290 g/mol. The number of nitrogens with one attached hydrogen (secondary N) is 1. The maximum Gasteiger partial charge on any atom is 0.165 e. The van der Waals surface area contributed by atoms with Gasteiger partial charge in [-0.25, -0.2) is 0 Å². The molecule has 0 fully saturated rings. The number of hydrogen-bond acceptors (Lipinski definition) is 4. The van der Waals surface area contributed by atoms with Gasteiger partial charge in [0.15, 0.2) is 11.5 Å². The van der Waals surface area contributed by atoms with Crippen LogP contribution in [0.5, 0.6) is 11.5 Å². The van der Waals surface area contributed by atoms with Crippen LogP contribution in [0.1, 0.15) is 25.0 Å². The molecule has 2 aliphatic heterocycles. The van der Waals surface area contributed by atoms with E-state index in [-0.39, 0.29) is 11.3 Å². The van der Waals surface area contributed by atoms with Crippen molar-refractivity contribution in [3.05, 3.63) is 47.5 Å². The Bertz CT molecular complexity index is 837. The predicted molar refractivity (Wildman–Crippen MR) is 90.6 cm³/mol. The number of ether oxygens (including phenoxy) is 2. The summed E-state index contributed by atoms with van der Waals surface area (Å²) in [6.07, 6.45) is 2.11. The van der Waals surface area contributed by atoms with E-state index in [0.29, 0.717) is 12.4 Å². The molecule has 118 valence electrons. The van der Waals surface area contributed by atoms with Crippen LogP contribution in [0.3, 0.4) is 0 Å². The van der Waals surface area contributed by atoms with Crippen molar-refractivity contribution in [1.29, 1.82) is 0 Å². The van der Waals surface area contributed by atoms with Crippen molar-refractivity contribution in [3.8, 4) is 22.6 Å². The molecule has 0 aliphatic carbocycles. The zero-order valence-corrected chi connectivity index (χ0v) is 13.4. The molecule has 2 N–H and O–H groups in total.